The van der Waals surface area contributed by atoms with Crippen LogP contribution in [0.5, 0.6) is 0 Å². The summed E-state index contributed by atoms with van der Waals surface area (Å²) in [6.07, 6.45) is 2.48. The number of amides is 1. The Bertz CT molecular complexity index is 356. The Morgan fingerprint density at radius 2 is 2.05 bits per heavy atom. The van der Waals surface area contributed by atoms with Gasteiger partial charge in [-0.2, -0.15) is 0 Å². The summed E-state index contributed by atoms with van der Waals surface area (Å²) in [5, 5.41) is 13.1. The highest BCUT2D eigenvalue weighted by atomic mass is 35.5. The van der Waals surface area contributed by atoms with Crippen molar-refractivity contribution in [2.75, 3.05) is 6.54 Å². The van der Waals surface area contributed by atoms with Crippen molar-refractivity contribution in [3.05, 3.63) is 0 Å². The first-order valence-electron chi connectivity index (χ1n) is 6.86. The number of rotatable bonds is 2. The molecule has 0 spiro atoms. The van der Waals surface area contributed by atoms with Gasteiger partial charge in [0.2, 0.25) is 5.91 Å². The van der Waals surface area contributed by atoms with E-state index >= 15 is 0 Å². The number of aliphatic hydroxyl groups is 1. The Labute approximate surface area is 124 Å². The number of carbonyl (C=O) groups excluding carboxylic acids is 1. The zero-order chi connectivity index (χ0) is 14.2. The largest absolute Gasteiger partial charge is 0.393 e. The Hall–Kier alpha value is -0.0300. The van der Waals surface area contributed by atoms with Gasteiger partial charge in [0.15, 0.2) is 0 Å². The van der Waals surface area contributed by atoms with Crippen molar-refractivity contribution in [2.24, 2.45) is 17.6 Å². The predicted molar refractivity (Wildman–Crippen MR) is 76.3 cm³/mol. The molecule has 6 heteroatoms. The van der Waals surface area contributed by atoms with Gasteiger partial charge in [-0.25, -0.2) is 0 Å². The molecule has 4 nitrogen and oxygen atoms in total. The summed E-state index contributed by atoms with van der Waals surface area (Å²) >= 11 is 12.6. The van der Waals surface area contributed by atoms with Crippen LogP contribution in [-0.2, 0) is 4.79 Å². The first-order chi connectivity index (χ1) is 8.85. The minimum atomic E-state index is -0.710. The number of primary amides is 1. The minimum Gasteiger partial charge on any atom is -0.393 e. The van der Waals surface area contributed by atoms with Crippen LogP contribution >= 0.6 is 23.2 Å². The predicted octanol–water partition coefficient (Wildman–Crippen LogP) is 1.22. The van der Waals surface area contributed by atoms with Gasteiger partial charge in [0.1, 0.15) is 0 Å². The molecule has 6 unspecified atom stereocenters. The normalized spacial score (nSPS) is 47.9. The summed E-state index contributed by atoms with van der Waals surface area (Å²) in [5.41, 5.74) is 4.76. The van der Waals surface area contributed by atoms with Crippen LogP contribution in [0.1, 0.15) is 32.6 Å². The number of alkyl halides is 2. The molecule has 1 amide bonds. The third kappa shape index (κ3) is 3.02. The van der Waals surface area contributed by atoms with E-state index in [1.165, 1.54) is 0 Å². The number of hydrogen-bond acceptors (Lipinski definition) is 3. The molecule has 2 rings (SSSR count). The van der Waals surface area contributed by atoms with E-state index in [4.69, 9.17) is 28.9 Å². The lowest BCUT2D eigenvalue weighted by atomic mass is 9.69. The van der Waals surface area contributed by atoms with Crippen LogP contribution in [0, 0.1) is 11.8 Å². The van der Waals surface area contributed by atoms with Crippen molar-refractivity contribution in [1.82, 2.24) is 5.32 Å². The summed E-state index contributed by atoms with van der Waals surface area (Å²) in [6.45, 7) is 2.53. The molecule has 0 radical (unpaired) electrons. The van der Waals surface area contributed by atoms with E-state index in [2.05, 4.69) is 5.32 Å². The van der Waals surface area contributed by atoms with Crippen LogP contribution in [0.3, 0.4) is 0 Å². The highest BCUT2D eigenvalue weighted by molar-refractivity contribution is 6.30. The van der Waals surface area contributed by atoms with Gasteiger partial charge < -0.3 is 16.2 Å². The second-order valence-electron chi connectivity index (χ2n) is 6.06. The topological polar surface area (TPSA) is 75.4 Å². The Morgan fingerprint density at radius 3 is 2.68 bits per heavy atom. The lowest BCUT2D eigenvalue weighted by molar-refractivity contribution is -0.126. The fraction of sp³-hybridized carbons (Fsp3) is 0.923. The van der Waals surface area contributed by atoms with Gasteiger partial charge in [0, 0.05) is 5.92 Å². The summed E-state index contributed by atoms with van der Waals surface area (Å²) < 4.78 is 0. The van der Waals surface area contributed by atoms with Gasteiger partial charge in [-0.05, 0) is 45.1 Å². The molecule has 0 aromatic heterocycles. The standard InChI is InChI=1S/C13H22Cl2N2O2/c1-13(12(16)19)6-7(4-5-17-13)10-9(18)3-2-8(14)11(10)15/h7-11,17-18H,2-6H2,1H3,(H2,16,19). The molecular formula is C13H22Cl2N2O2. The Balaban J connectivity index is 2.13. The van der Waals surface area contributed by atoms with E-state index in [1.54, 1.807) is 0 Å². The summed E-state index contributed by atoms with van der Waals surface area (Å²) in [6, 6.07) is 0. The highest BCUT2D eigenvalue weighted by Crippen LogP contribution is 2.42. The van der Waals surface area contributed by atoms with Gasteiger partial charge >= 0.3 is 0 Å². The molecule has 1 heterocycles. The summed E-state index contributed by atoms with van der Waals surface area (Å²) in [7, 11) is 0. The molecule has 2 aliphatic rings. The number of hydrogen-bond donors (Lipinski definition) is 3. The van der Waals surface area contributed by atoms with E-state index in [0.29, 0.717) is 19.4 Å². The van der Waals surface area contributed by atoms with Gasteiger partial charge in [-0.15, -0.1) is 23.2 Å². The zero-order valence-electron chi connectivity index (χ0n) is 11.1. The quantitative estimate of drug-likeness (QED) is 0.671. The van der Waals surface area contributed by atoms with Gasteiger partial charge in [-0.3, -0.25) is 4.79 Å². The molecular weight excluding hydrogens is 287 g/mol. The van der Waals surface area contributed by atoms with Crippen molar-refractivity contribution < 1.29 is 9.90 Å². The summed E-state index contributed by atoms with van der Waals surface area (Å²) in [5.74, 6) is -0.229. The van der Waals surface area contributed by atoms with Crippen molar-refractivity contribution in [3.63, 3.8) is 0 Å². The number of carbonyl (C=O) groups is 1. The maximum atomic E-state index is 11.6. The van der Waals surface area contributed by atoms with Gasteiger partial charge in [0.05, 0.1) is 22.4 Å². The van der Waals surface area contributed by atoms with Crippen molar-refractivity contribution in [3.8, 4) is 0 Å². The van der Waals surface area contributed by atoms with E-state index in [0.717, 1.165) is 12.8 Å². The third-order valence-electron chi connectivity index (χ3n) is 4.68. The number of halogens is 2. The van der Waals surface area contributed by atoms with Crippen molar-refractivity contribution in [2.45, 2.75) is 55.0 Å². The maximum absolute atomic E-state index is 11.6. The number of piperidine rings is 1. The molecule has 0 aromatic carbocycles. The molecule has 6 atom stereocenters. The number of nitrogens with one attached hydrogen (secondary N) is 1. The SMILES string of the molecule is CC1(C(N)=O)CC(C2C(O)CCC(Cl)C2Cl)CCN1. The lowest BCUT2D eigenvalue weighted by Crippen LogP contribution is -2.59. The lowest BCUT2D eigenvalue weighted by Gasteiger charge is -2.45. The molecule has 2 fully saturated rings. The molecule has 0 aromatic rings. The van der Waals surface area contributed by atoms with Crippen molar-refractivity contribution in [1.29, 1.82) is 0 Å². The zero-order valence-corrected chi connectivity index (χ0v) is 12.6. The Morgan fingerprint density at radius 1 is 1.37 bits per heavy atom. The second kappa shape index (κ2) is 5.76. The molecule has 0 bridgehead atoms. The van der Waals surface area contributed by atoms with Crippen LogP contribution < -0.4 is 11.1 Å². The highest BCUT2D eigenvalue weighted by Gasteiger charge is 2.46. The average Bonchev–Trinajstić information content (AvgIpc) is 2.34. The molecule has 1 aliphatic heterocycles. The van der Waals surface area contributed by atoms with Crippen LogP contribution in [0.25, 0.3) is 0 Å². The van der Waals surface area contributed by atoms with Crippen LogP contribution in [0.2, 0.25) is 0 Å². The third-order valence-corrected chi connectivity index (χ3v) is 5.90. The smallest absolute Gasteiger partial charge is 0.237 e. The molecule has 1 saturated carbocycles. The maximum Gasteiger partial charge on any atom is 0.237 e. The Kier molecular flexibility index (Phi) is 4.66. The summed E-state index contributed by atoms with van der Waals surface area (Å²) in [4.78, 5) is 11.6. The number of nitrogens with two attached hydrogens (primary N) is 1. The van der Waals surface area contributed by atoms with Gasteiger partial charge in [0.25, 0.3) is 0 Å². The van der Waals surface area contributed by atoms with E-state index in [1.807, 2.05) is 6.92 Å². The molecule has 4 N–H and O–H groups in total. The monoisotopic (exact) mass is 308 g/mol. The average molecular weight is 309 g/mol. The number of aliphatic hydroxyl groups excluding tert-OH is 1. The molecule has 1 saturated heterocycles. The fourth-order valence-corrected chi connectivity index (χ4v) is 4.25. The first-order valence-corrected chi connectivity index (χ1v) is 7.73. The van der Waals surface area contributed by atoms with E-state index in [-0.39, 0.29) is 28.5 Å². The van der Waals surface area contributed by atoms with E-state index < -0.39 is 11.6 Å². The first kappa shape index (κ1) is 15.4. The van der Waals surface area contributed by atoms with Crippen LogP contribution in [0.15, 0.2) is 0 Å². The fourth-order valence-electron chi connectivity index (χ4n) is 3.46. The van der Waals surface area contributed by atoms with E-state index in [9.17, 15) is 9.90 Å². The second-order valence-corrected chi connectivity index (χ2v) is 7.12. The van der Waals surface area contributed by atoms with Crippen LogP contribution in [0.4, 0.5) is 0 Å². The van der Waals surface area contributed by atoms with Crippen molar-refractivity contribution >= 4 is 29.1 Å². The minimum absolute atomic E-state index is 0.0568. The van der Waals surface area contributed by atoms with Crippen LogP contribution in [-0.4, -0.2) is 40.0 Å². The van der Waals surface area contributed by atoms with Gasteiger partial charge in [-0.1, -0.05) is 0 Å². The molecule has 1 aliphatic carbocycles. The molecule has 19 heavy (non-hydrogen) atoms. The molecule has 110 valence electrons.